The SMILES string of the molecule is COc1ccc(OCc2cc(F)ccc2C(N)=S)c(Br)c1. The van der Waals surface area contributed by atoms with E-state index in [2.05, 4.69) is 15.9 Å². The Kier molecular flexibility index (Phi) is 5.14. The molecule has 2 aromatic carbocycles. The number of halogens is 2. The molecule has 0 aromatic heterocycles. The van der Waals surface area contributed by atoms with Crippen LogP contribution in [0.4, 0.5) is 4.39 Å². The van der Waals surface area contributed by atoms with Gasteiger partial charge in [0, 0.05) is 11.1 Å². The van der Waals surface area contributed by atoms with Gasteiger partial charge in [0.1, 0.15) is 28.9 Å². The van der Waals surface area contributed by atoms with Crippen molar-refractivity contribution in [2.45, 2.75) is 6.61 Å². The Morgan fingerprint density at radius 1 is 1.29 bits per heavy atom. The Morgan fingerprint density at radius 2 is 2.05 bits per heavy atom. The standard InChI is InChI=1S/C15H13BrFNO2S/c1-19-11-3-5-14(13(16)7-11)20-8-9-6-10(17)2-4-12(9)15(18)21/h2-7H,8H2,1H3,(H2,18,21). The topological polar surface area (TPSA) is 44.5 Å². The molecule has 0 saturated heterocycles. The summed E-state index contributed by atoms with van der Waals surface area (Å²) in [5.41, 5.74) is 6.84. The van der Waals surface area contributed by atoms with Gasteiger partial charge in [-0.1, -0.05) is 12.2 Å². The van der Waals surface area contributed by atoms with Gasteiger partial charge in [-0.15, -0.1) is 0 Å². The third kappa shape index (κ3) is 3.92. The zero-order valence-electron chi connectivity index (χ0n) is 11.2. The fourth-order valence-electron chi connectivity index (χ4n) is 1.80. The molecule has 21 heavy (non-hydrogen) atoms. The second-order valence-electron chi connectivity index (χ2n) is 4.25. The van der Waals surface area contributed by atoms with Crippen molar-refractivity contribution < 1.29 is 13.9 Å². The average molecular weight is 370 g/mol. The lowest BCUT2D eigenvalue weighted by Gasteiger charge is -2.12. The molecule has 2 aromatic rings. The van der Waals surface area contributed by atoms with E-state index < -0.39 is 0 Å². The minimum Gasteiger partial charge on any atom is -0.497 e. The summed E-state index contributed by atoms with van der Waals surface area (Å²) in [6.07, 6.45) is 0. The molecular formula is C15H13BrFNO2S. The first-order valence-electron chi connectivity index (χ1n) is 6.06. The predicted molar refractivity (Wildman–Crippen MR) is 87.3 cm³/mol. The van der Waals surface area contributed by atoms with Crippen molar-refractivity contribution in [2.75, 3.05) is 7.11 Å². The Bertz CT molecular complexity index is 679. The maximum atomic E-state index is 13.3. The summed E-state index contributed by atoms with van der Waals surface area (Å²) in [6, 6.07) is 9.57. The van der Waals surface area contributed by atoms with Crippen LogP contribution in [0, 0.1) is 5.82 Å². The largest absolute Gasteiger partial charge is 0.497 e. The summed E-state index contributed by atoms with van der Waals surface area (Å²) in [7, 11) is 1.59. The van der Waals surface area contributed by atoms with E-state index in [1.54, 1.807) is 31.4 Å². The van der Waals surface area contributed by atoms with Crippen LogP contribution in [0.3, 0.4) is 0 Å². The summed E-state index contributed by atoms with van der Waals surface area (Å²) in [6.45, 7) is 0.162. The number of benzene rings is 2. The van der Waals surface area contributed by atoms with Gasteiger partial charge in [-0.05, 0) is 52.3 Å². The average Bonchev–Trinajstić information content (AvgIpc) is 2.45. The van der Waals surface area contributed by atoms with Gasteiger partial charge in [-0.3, -0.25) is 0 Å². The lowest BCUT2D eigenvalue weighted by Crippen LogP contribution is -2.14. The fourth-order valence-corrected chi connectivity index (χ4v) is 2.47. The van der Waals surface area contributed by atoms with Gasteiger partial charge in [0.05, 0.1) is 11.6 Å². The number of ether oxygens (including phenoxy) is 2. The molecule has 0 unspecified atom stereocenters. The molecule has 3 nitrogen and oxygen atoms in total. The number of methoxy groups -OCH3 is 1. The molecule has 2 rings (SSSR count). The fraction of sp³-hybridized carbons (Fsp3) is 0.133. The van der Waals surface area contributed by atoms with Crippen molar-refractivity contribution in [3.05, 3.63) is 57.8 Å². The quantitative estimate of drug-likeness (QED) is 0.813. The first-order chi connectivity index (χ1) is 10.0. The van der Waals surface area contributed by atoms with Gasteiger partial charge >= 0.3 is 0 Å². The Labute approximate surface area is 136 Å². The second kappa shape index (κ2) is 6.87. The number of nitrogens with two attached hydrogens (primary N) is 1. The monoisotopic (exact) mass is 369 g/mol. The minimum absolute atomic E-state index is 0.162. The highest BCUT2D eigenvalue weighted by Gasteiger charge is 2.09. The lowest BCUT2D eigenvalue weighted by molar-refractivity contribution is 0.302. The highest BCUT2D eigenvalue weighted by atomic mass is 79.9. The van der Waals surface area contributed by atoms with Gasteiger partial charge in [0.15, 0.2) is 0 Å². The van der Waals surface area contributed by atoms with Crippen molar-refractivity contribution >= 4 is 33.1 Å². The molecule has 0 amide bonds. The van der Waals surface area contributed by atoms with E-state index in [9.17, 15) is 4.39 Å². The van der Waals surface area contributed by atoms with Gasteiger partial charge in [-0.25, -0.2) is 4.39 Å². The molecule has 0 aliphatic rings. The zero-order chi connectivity index (χ0) is 15.4. The van der Waals surface area contributed by atoms with Gasteiger partial charge < -0.3 is 15.2 Å². The molecule has 0 bridgehead atoms. The predicted octanol–water partition coefficient (Wildman–Crippen LogP) is 3.81. The van der Waals surface area contributed by atoms with E-state index in [1.165, 1.54) is 12.1 Å². The molecule has 0 saturated carbocycles. The smallest absolute Gasteiger partial charge is 0.134 e. The number of hydrogen-bond acceptors (Lipinski definition) is 3. The second-order valence-corrected chi connectivity index (χ2v) is 5.54. The summed E-state index contributed by atoms with van der Waals surface area (Å²) in [5.74, 6) is 0.972. The number of thiocarbonyl (C=S) groups is 1. The van der Waals surface area contributed by atoms with Crippen molar-refractivity contribution in [1.29, 1.82) is 0 Å². The van der Waals surface area contributed by atoms with Crippen LogP contribution in [-0.4, -0.2) is 12.1 Å². The van der Waals surface area contributed by atoms with E-state index in [0.29, 0.717) is 22.6 Å². The zero-order valence-corrected chi connectivity index (χ0v) is 13.6. The molecule has 0 spiro atoms. The molecular weight excluding hydrogens is 357 g/mol. The Hall–Kier alpha value is -1.66. The minimum atomic E-state index is -0.359. The number of rotatable bonds is 5. The lowest BCUT2D eigenvalue weighted by atomic mass is 10.1. The normalized spacial score (nSPS) is 10.2. The Morgan fingerprint density at radius 3 is 2.67 bits per heavy atom. The van der Waals surface area contributed by atoms with Gasteiger partial charge in [0.25, 0.3) is 0 Å². The summed E-state index contributed by atoms with van der Waals surface area (Å²) < 4.78 is 24.9. The third-order valence-corrected chi connectivity index (χ3v) is 3.69. The van der Waals surface area contributed by atoms with E-state index in [1.807, 2.05) is 0 Å². The highest BCUT2D eigenvalue weighted by Crippen LogP contribution is 2.30. The van der Waals surface area contributed by atoms with Crippen LogP contribution in [0.5, 0.6) is 11.5 Å². The Balaban J connectivity index is 2.20. The summed E-state index contributed by atoms with van der Waals surface area (Å²) in [4.78, 5) is 0.211. The molecule has 0 aliphatic heterocycles. The van der Waals surface area contributed by atoms with Crippen LogP contribution in [0.2, 0.25) is 0 Å². The van der Waals surface area contributed by atoms with Crippen LogP contribution >= 0.6 is 28.1 Å². The van der Waals surface area contributed by atoms with E-state index in [4.69, 9.17) is 27.4 Å². The molecule has 0 aliphatic carbocycles. The summed E-state index contributed by atoms with van der Waals surface area (Å²) in [5, 5.41) is 0. The third-order valence-electron chi connectivity index (χ3n) is 2.85. The maximum Gasteiger partial charge on any atom is 0.134 e. The molecule has 110 valence electrons. The van der Waals surface area contributed by atoms with E-state index in [0.717, 1.165) is 4.47 Å². The van der Waals surface area contributed by atoms with Gasteiger partial charge in [0.2, 0.25) is 0 Å². The molecule has 6 heteroatoms. The van der Waals surface area contributed by atoms with Crippen LogP contribution in [0.1, 0.15) is 11.1 Å². The molecule has 0 radical (unpaired) electrons. The first kappa shape index (κ1) is 15.7. The number of hydrogen-bond donors (Lipinski definition) is 1. The van der Waals surface area contributed by atoms with Gasteiger partial charge in [-0.2, -0.15) is 0 Å². The molecule has 0 atom stereocenters. The highest BCUT2D eigenvalue weighted by molar-refractivity contribution is 9.10. The maximum absolute atomic E-state index is 13.3. The van der Waals surface area contributed by atoms with E-state index >= 15 is 0 Å². The van der Waals surface area contributed by atoms with Crippen molar-refractivity contribution in [3.8, 4) is 11.5 Å². The van der Waals surface area contributed by atoms with Crippen molar-refractivity contribution in [3.63, 3.8) is 0 Å². The van der Waals surface area contributed by atoms with Crippen LogP contribution in [0.25, 0.3) is 0 Å². The molecule has 0 heterocycles. The molecule has 2 N–H and O–H groups in total. The van der Waals surface area contributed by atoms with Crippen LogP contribution < -0.4 is 15.2 Å². The van der Waals surface area contributed by atoms with Crippen LogP contribution in [-0.2, 0) is 6.61 Å². The summed E-state index contributed by atoms with van der Waals surface area (Å²) >= 11 is 8.35. The first-order valence-corrected chi connectivity index (χ1v) is 7.26. The molecule has 0 fully saturated rings. The van der Waals surface area contributed by atoms with E-state index in [-0.39, 0.29) is 17.4 Å². The van der Waals surface area contributed by atoms with Crippen molar-refractivity contribution in [1.82, 2.24) is 0 Å². The van der Waals surface area contributed by atoms with Crippen molar-refractivity contribution in [2.24, 2.45) is 5.73 Å². The van der Waals surface area contributed by atoms with Crippen LogP contribution in [0.15, 0.2) is 40.9 Å².